The Labute approximate surface area is 196 Å². The number of non-ortho nitro benzene ring substituents is 1. The SMILES string of the molecule is COc1ccc(/C=C2/NC(=S)N(CC3CCCO3)C2=O)cc1COc1cccc([N+](=O)[O-])c1. The van der Waals surface area contributed by atoms with Gasteiger partial charge in [0.2, 0.25) is 0 Å². The second kappa shape index (κ2) is 9.97. The molecule has 172 valence electrons. The number of hydrogen-bond acceptors (Lipinski definition) is 7. The normalized spacial score (nSPS) is 19.1. The molecule has 2 aliphatic rings. The molecule has 2 aromatic rings. The fraction of sp³-hybridized carbons (Fsp3) is 0.304. The number of nitrogens with zero attached hydrogens (tertiary/aromatic N) is 2. The van der Waals surface area contributed by atoms with Crippen LogP contribution in [0.15, 0.2) is 48.2 Å². The van der Waals surface area contributed by atoms with Crippen LogP contribution in [0.3, 0.4) is 0 Å². The van der Waals surface area contributed by atoms with Crippen LogP contribution in [0.25, 0.3) is 6.08 Å². The van der Waals surface area contributed by atoms with Gasteiger partial charge in [-0.05, 0) is 54.9 Å². The van der Waals surface area contributed by atoms with Gasteiger partial charge in [-0.25, -0.2) is 0 Å². The summed E-state index contributed by atoms with van der Waals surface area (Å²) >= 11 is 5.34. The van der Waals surface area contributed by atoms with Crippen LogP contribution in [0.1, 0.15) is 24.0 Å². The van der Waals surface area contributed by atoms with Crippen LogP contribution in [-0.2, 0) is 16.1 Å². The molecule has 2 saturated heterocycles. The molecule has 1 unspecified atom stereocenters. The smallest absolute Gasteiger partial charge is 0.276 e. The Bertz CT molecular complexity index is 1110. The monoisotopic (exact) mass is 469 g/mol. The van der Waals surface area contributed by atoms with Crippen molar-refractivity contribution in [2.75, 3.05) is 20.3 Å². The Hall–Kier alpha value is -3.50. The highest BCUT2D eigenvalue weighted by Crippen LogP contribution is 2.26. The minimum absolute atomic E-state index is 0.00611. The average molecular weight is 470 g/mol. The maximum absolute atomic E-state index is 12.9. The first kappa shape index (κ1) is 22.7. The third kappa shape index (κ3) is 5.29. The molecule has 2 fully saturated rings. The number of benzene rings is 2. The van der Waals surface area contributed by atoms with Gasteiger partial charge in [-0.3, -0.25) is 19.8 Å². The first-order valence-electron chi connectivity index (χ1n) is 10.4. The number of carbonyl (C=O) groups is 1. The van der Waals surface area contributed by atoms with Crippen LogP contribution in [0, 0.1) is 10.1 Å². The van der Waals surface area contributed by atoms with Gasteiger partial charge in [0, 0.05) is 18.2 Å². The van der Waals surface area contributed by atoms with Crippen molar-refractivity contribution in [3.63, 3.8) is 0 Å². The molecule has 2 heterocycles. The van der Waals surface area contributed by atoms with Gasteiger partial charge in [-0.15, -0.1) is 0 Å². The van der Waals surface area contributed by atoms with E-state index < -0.39 is 4.92 Å². The standard InChI is InChI=1S/C23H23N3O6S/c1-30-21-8-7-15(10-16(21)14-32-18-5-2-4-17(12-18)26(28)29)11-20-22(27)25(23(33)24-20)13-19-6-3-9-31-19/h2,4-5,7-8,10-12,19H,3,6,9,13-14H2,1H3,(H,24,33)/b20-11+. The van der Waals surface area contributed by atoms with E-state index in [1.54, 1.807) is 31.4 Å². The second-order valence-electron chi connectivity index (χ2n) is 7.65. The van der Waals surface area contributed by atoms with Crippen molar-refractivity contribution in [3.8, 4) is 11.5 Å². The summed E-state index contributed by atoms with van der Waals surface area (Å²) in [6, 6.07) is 11.4. The summed E-state index contributed by atoms with van der Waals surface area (Å²) in [6.07, 6.45) is 3.63. The minimum Gasteiger partial charge on any atom is -0.496 e. The van der Waals surface area contributed by atoms with Gasteiger partial charge in [-0.1, -0.05) is 12.1 Å². The number of carbonyl (C=O) groups excluding carboxylic acids is 1. The van der Waals surface area contributed by atoms with Crippen molar-refractivity contribution >= 4 is 35.0 Å². The molecule has 0 bridgehead atoms. The highest BCUT2D eigenvalue weighted by Gasteiger charge is 2.33. The van der Waals surface area contributed by atoms with Crippen molar-refractivity contribution in [2.24, 2.45) is 0 Å². The van der Waals surface area contributed by atoms with Crippen LogP contribution in [0.2, 0.25) is 0 Å². The lowest BCUT2D eigenvalue weighted by atomic mass is 10.1. The summed E-state index contributed by atoms with van der Waals surface area (Å²) in [5, 5.41) is 14.3. The van der Waals surface area contributed by atoms with E-state index in [-0.39, 0.29) is 24.3 Å². The number of thiocarbonyl (C=S) groups is 1. The molecule has 1 N–H and O–H groups in total. The fourth-order valence-corrected chi connectivity index (χ4v) is 4.01. The summed E-state index contributed by atoms with van der Waals surface area (Å²) < 4.78 is 16.8. The molecule has 9 nitrogen and oxygen atoms in total. The lowest BCUT2D eigenvalue weighted by Gasteiger charge is -2.18. The summed E-state index contributed by atoms with van der Waals surface area (Å²) in [6.45, 7) is 1.28. The molecule has 0 aromatic heterocycles. The Kier molecular flexibility index (Phi) is 6.85. The number of nitro benzene ring substituents is 1. The van der Waals surface area contributed by atoms with Crippen molar-refractivity contribution in [1.29, 1.82) is 0 Å². The Morgan fingerprint density at radius 3 is 2.91 bits per heavy atom. The molecule has 2 aliphatic heterocycles. The number of methoxy groups -OCH3 is 1. The Morgan fingerprint density at radius 1 is 1.33 bits per heavy atom. The average Bonchev–Trinajstić information content (AvgIpc) is 3.42. The third-order valence-electron chi connectivity index (χ3n) is 5.41. The van der Waals surface area contributed by atoms with E-state index in [1.165, 1.54) is 17.0 Å². The minimum atomic E-state index is -0.474. The summed E-state index contributed by atoms with van der Waals surface area (Å²) in [7, 11) is 1.55. The molecule has 1 amide bonds. The van der Waals surface area contributed by atoms with E-state index in [9.17, 15) is 14.9 Å². The predicted molar refractivity (Wildman–Crippen MR) is 125 cm³/mol. The third-order valence-corrected chi connectivity index (χ3v) is 5.73. The zero-order chi connectivity index (χ0) is 23.4. The van der Waals surface area contributed by atoms with Crippen molar-refractivity contribution < 1.29 is 23.9 Å². The number of rotatable bonds is 8. The van der Waals surface area contributed by atoms with Crippen molar-refractivity contribution in [3.05, 3.63) is 69.4 Å². The predicted octanol–water partition coefficient (Wildman–Crippen LogP) is 3.42. The Morgan fingerprint density at radius 2 is 2.18 bits per heavy atom. The first-order valence-corrected chi connectivity index (χ1v) is 10.9. The molecule has 0 aliphatic carbocycles. The van der Waals surface area contributed by atoms with Crippen LogP contribution in [0.4, 0.5) is 5.69 Å². The summed E-state index contributed by atoms with van der Waals surface area (Å²) in [4.78, 5) is 24.9. The molecular weight excluding hydrogens is 446 g/mol. The molecule has 0 spiro atoms. The second-order valence-corrected chi connectivity index (χ2v) is 8.04. The molecule has 2 aromatic carbocycles. The highest BCUT2D eigenvalue weighted by molar-refractivity contribution is 7.80. The molecule has 33 heavy (non-hydrogen) atoms. The lowest BCUT2D eigenvalue weighted by Crippen LogP contribution is -2.37. The maximum atomic E-state index is 12.9. The molecule has 10 heteroatoms. The lowest BCUT2D eigenvalue weighted by molar-refractivity contribution is -0.384. The van der Waals surface area contributed by atoms with Crippen LogP contribution in [0.5, 0.6) is 11.5 Å². The fourth-order valence-electron chi connectivity index (χ4n) is 3.75. The molecule has 0 radical (unpaired) electrons. The van der Waals surface area contributed by atoms with Gasteiger partial charge >= 0.3 is 0 Å². The summed E-state index contributed by atoms with van der Waals surface area (Å²) in [5.41, 5.74) is 1.81. The van der Waals surface area contributed by atoms with Crippen LogP contribution >= 0.6 is 12.2 Å². The number of ether oxygens (including phenoxy) is 3. The quantitative estimate of drug-likeness (QED) is 0.272. The van der Waals surface area contributed by atoms with Crippen LogP contribution in [-0.4, -0.2) is 47.2 Å². The highest BCUT2D eigenvalue weighted by atomic mass is 32.1. The summed E-state index contributed by atoms with van der Waals surface area (Å²) in [5.74, 6) is 0.780. The maximum Gasteiger partial charge on any atom is 0.276 e. The van der Waals surface area contributed by atoms with Gasteiger partial charge in [-0.2, -0.15) is 0 Å². The zero-order valence-corrected chi connectivity index (χ0v) is 18.8. The van der Waals surface area contributed by atoms with Crippen molar-refractivity contribution in [2.45, 2.75) is 25.6 Å². The molecular formula is C23H23N3O6S. The number of amides is 1. The topological polar surface area (TPSA) is 103 Å². The molecule has 4 rings (SSSR count). The van der Waals surface area contributed by atoms with E-state index in [1.807, 2.05) is 12.1 Å². The van der Waals surface area contributed by atoms with E-state index >= 15 is 0 Å². The van der Waals surface area contributed by atoms with Gasteiger partial charge in [0.05, 0.1) is 30.7 Å². The molecule has 1 atom stereocenters. The first-order chi connectivity index (χ1) is 15.9. The number of hydrogen-bond donors (Lipinski definition) is 1. The van der Waals surface area contributed by atoms with E-state index in [0.717, 1.165) is 24.0 Å². The van der Waals surface area contributed by atoms with Crippen LogP contribution < -0.4 is 14.8 Å². The van der Waals surface area contributed by atoms with Gasteiger partial charge < -0.3 is 19.5 Å². The van der Waals surface area contributed by atoms with Gasteiger partial charge in [0.1, 0.15) is 23.8 Å². The van der Waals surface area contributed by atoms with E-state index in [0.29, 0.717) is 35.5 Å². The van der Waals surface area contributed by atoms with Gasteiger partial charge in [0.25, 0.3) is 11.6 Å². The zero-order valence-electron chi connectivity index (χ0n) is 18.0. The van der Waals surface area contributed by atoms with Gasteiger partial charge in [0.15, 0.2) is 5.11 Å². The molecule has 0 saturated carbocycles. The Balaban J connectivity index is 1.49. The van der Waals surface area contributed by atoms with E-state index in [4.69, 9.17) is 26.4 Å². The van der Waals surface area contributed by atoms with E-state index in [2.05, 4.69) is 5.32 Å². The number of nitrogens with one attached hydrogen (secondary N) is 1. The number of nitro groups is 1. The largest absolute Gasteiger partial charge is 0.496 e. The van der Waals surface area contributed by atoms with Crippen molar-refractivity contribution in [1.82, 2.24) is 10.2 Å².